The topological polar surface area (TPSA) is 161 Å². The van der Waals surface area contributed by atoms with Crippen molar-refractivity contribution in [1.29, 1.82) is 0 Å². The van der Waals surface area contributed by atoms with Crippen LogP contribution < -0.4 is 5.73 Å². The minimum atomic E-state index is -2.22. The fraction of sp³-hybridized carbons (Fsp3) is 0.458. The van der Waals surface area contributed by atoms with Gasteiger partial charge in [0.05, 0.1) is 26.1 Å². The summed E-state index contributed by atoms with van der Waals surface area (Å²) in [7, 11) is 0. The molecule has 12 nitrogen and oxygen atoms in total. The van der Waals surface area contributed by atoms with E-state index in [9.17, 15) is 14.7 Å². The van der Waals surface area contributed by atoms with Crippen LogP contribution in [0.1, 0.15) is 25.6 Å². The van der Waals surface area contributed by atoms with Crippen LogP contribution in [0.4, 0.5) is 10.2 Å². The Morgan fingerprint density at radius 1 is 1.18 bits per heavy atom. The summed E-state index contributed by atoms with van der Waals surface area (Å²) in [6.07, 6.45) is -5.31. The molecule has 3 N–H and O–H groups in total. The van der Waals surface area contributed by atoms with Crippen LogP contribution in [0.2, 0.25) is 5.28 Å². The summed E-state index contributed by atoms with van der Waals surface area (Å²) in [4.78, 5) is 38.2. The smallest absolute Gasteiger partial charge is 0.350 e. The predicted molar refractivity (Wildman–Crippen MR) is 132 cm³/mol. The van der Waals surface area contributed by atoms with E-state index in [1.807, 2.05) is 0 Å². The molecule has 0 aliphatic carbocycles. The number of carbonyl (C=O) groups excluding carboxylic acids is 2. The second-order valence-corrected chi connectivity index (χ2v) is 8.78. The first-order valence-electron chi connectivity index (χ1n) is 11.9. The standard InChI is InChI=1S/C24H27ClFN5O7/c1-3-35-21(33)24(22(34)36-4-2,10-13-8-6-5-7-9-13)37-11-14-17(32)15(26)20(38-14)31-12-28-16-18(27)29-23(25)30-19(16)31/h5-9,12,14-15,17,20,32H,3-4,10-11H2,1-2H3,(H2,27,29,30)/t14-,15+,17-,20-/m1/s1. The maximum absolute atomic E-state index is 15.3. The molecule has 1 aliphatic heterocycles. The molecule has 14 heteroatoms. The highest BCUT2D eigenvalue weighted by Gasteiger charge is 2.53. The Bertz CT molecular complexity index is 1280. The van der Waals surface area contributed by atoms with Gasteiger partial charge in [-0.1, -0.05) is 30.3 Å². The summed E-state index contributed by atoms with van der Waals surface area (Å²) < 4.78 is 38.5. The number of halogens is 2. The van der Waals surface area contributed by atoms with Gasteiger partial charge in [0.2, 0.25) is 5.28 Å². The average Bonchev–Trinajstić information content (AvgIpc) is 3.43. The second kappa shape index (κ2) is 11.6. The monoisotopic (exact) mass is 551 g/mol. The van der Waals surface area contributed by atoms with E-state index in [0.717, 1.165) is 0 Å². The molecular formula is C24H27ClFN5O7. The summed E-state index contributed by atoms with van der Waals surface area (Å²) >= 11 is 5.90. The maximum Gasteiger partial charge on any atom is 0.350 e. The van der Waals surface area contributed by atoms with Gasteiger partial charge >= 0.3 is 11.9 Å². The molecule has 1 aromatic carbocycles. The summed E-state index contributed by atoms with van der Waals surface area (Å²) in [6, 6.07) is 8.64. The zero-order valence-electron chi connectivity index (χ0n) is 20.6. The van der Waals surface area contributed by atoms with E-state index < -0.39 is 48.8 Å². The van der Waals surface area contributed by atoms with E-state index in [4.69, 9.17) is 36.3 Å². The van der Waals surface area contributed by atoms with Crippen molar-refractivity contribution in [3.8, 4) is 0 Å². The summed E-state index contributed by atoms with van der Waals surface area (Å²) in [5, 5.41) is 10.5. The van der Waals surface area contributed by atoms with E-state index in [0.29, 0.717) is 5.56 Å². The number of aliphatic hydroxyl groups is 1. The number of esters is 2. The van der Waals surface area contributed by atoms with Crippen LogP contribution in [0.5, 0.6) is 0 Å². The Kier molecular flexibility index (Phi) is 8.41. The number of aliphatic hydroxyl groups excluding tert-OH is 1. The molecule has 4 atom stereocenters. The first kappa shape index (κ1) is 27.6. The first-order chi connectivity index (χ1) is 18.2. The zero-order chi connectivity index (χ0) is 27.4. The van der Waals surface area contributed by atoms with Crippen LogP contribution in [-0.4, -0.2) is 80.4 Å². The number of hydrogen-bond acceptors (Lipinski definition) is 11. The van der Waals surface area contributed by atoms with Gasteiger partial charge in [0.15, 0.2) is 23.9 Å². The van der Waals surface area contributed by atoms with E-state index >= 15 is 4.39 Å². The first-order valence-corrected chi connectivity index (χ1v) is 12.2. The lowest BCUT2D eigenvalue weighted by Gasteiger charge is -2.30. The molecule has 0 amide bonds. The highest BCUT2D eigenvalue weighted by molar-refractivity contribution is 6.28. The van der Waals surface area contributed by atoms with Crippen molar-refractivity contribution in [3.05, 3.63) is 47.5 Å². The van der Waals surface area contributed by atoms with Crippen molar-refractivity contribution in [3.63, 3.8) is 0 Å². The fourth-order valence-electron chi connectivity index (χ4n) is 4.16. The number of alkyl halides is 1. The minimum absolute atomic E-state index is 0.0119. The SMILES string of the molecule is CCOC(=O)C(Cc1ccccc1)(OC[C@H]1O[C@@H](n2cnc3c(N)nc(Cl)nc32)[C@@H](F)[C@@H]1O)C(=O)OCC. The molecule has 3 heterocycles. The number of nitrogen functional groups attached to an aromatic ring is 1. The lowest BCUT2D eigenvalue weighted by Crippen LogP contribution is -2.54. The third-order valence-corrected chi connectivity index (χ3v) is 6.16. The zero-order valence-corrected chi connectivity index (χ0v) is 21.4. The Labute approximate surface area is 221 Å². The number of carbonyl (C=O) groups is 2. The lowest BCUT2D eigenvalue weighted by atomic mass is 9.93. The molecule has 0 unspecified atom stereocenters. The van der Waals surface area contributed by atoms with E-state index in [1.54, 1.807) is 44.2 Å². The van der Waals surface area contributed by atoms with Crippen LogP contribution in [0.3, 0.4) is 0 Å². The van der Waals surface area contributed by atoms with Gasteiger partial charge in [-0.15, -0.1) is 0 Å². The van der Waals surface area contributed by atoms with Crippen molar-refractivity contribution in [2.45, 2.75) is 50.5 Å². The van der Waals surface area contributed by atoms with Crippen molar-refractivity contribution in [1.82, 2.24) is 19.5 Å². The number of fused-ring (bicyclic) bond motifs is 1. The highest BCUT2D eigenvalue weighted by atomic mass is 35.5. The van der Waals surface area contributed by atoms with Gasteiger partial charge in [-0.05, 0) is 31.0 Å². The molecular weight excluding hydrogens is 525 g/mol. The molecule has 0 radical (unpaired) electrons. The molecule has 0 spiro atoms. The fourth-order valence-corrected chi connectivity index (χ4v) is 4.33. The second-order valence-electron chi connectivity index (χ2n) is 8.44. The van der Waals surface area contributed by atoms with Crippen molar-refractivity contribution >= 4 is 40.5 Å². The van der Waals surface area contributed by atoms with Gasteiger partial charge in [-0.2, -0.15) is 9.97 Å². The van der Waals surface area contributed by atoms with Crippen LogP contribution in [0, 0.1) is 0 Å². The molecule has 0 saturated carbocycles. The lowest BCUT2D eigenvalue weighted by molar-refractivity contribution is -0.197. The molecule has 2 aromatic heterocycles. The number of ether oxygens (including phenoxy) is 4. The van der Waals surface area contributed by atoms with Gasteiger partial charge in [-0.3, -0.25) is 4.57 Å². The predicted octanol–water partition coefficient (Wildman–Crippen LogP) is 1.78. The summed E-state index contributed by atoms with van der Waals surface area (Å²) in [5.74, 6) is -1.97. The van der Waals surface area contributed by atoms with Crippen molar-refractivity contribution in [2.24, 2.45) is 0 Å². The van der Waals surface area contributed by atoms with Crippen LogP contribution in [-0.2, 0) is 35.0 Å². The quantitative estimate of drug-likeness (QED) is 0.215. The number of benzene rings is 1. The largest absolute Gasteiger partial charge is 0.463 e. The Morgan fingerprint density at radius 2 is 1.84 bits per heavy atom. The Morgan fingerprint density at radius 3 is 2.47 bits per heavy atom. The summed E-state index contributed by atoms with van der Waals surface area (Å²) in [6.45, 7) is 2.55. The van der Waals surface area contributed by atoms with Crippen molar-refractivity contribution in [2.75, 3.05) is 25.6 Å². The van der Waals surface area contributed by atoms with Gasteiger partial charge < -0.3 is 29.8 Å². The van der Waals surface area contributed by atoms with Crippen LogP contribution >= 0.6 is 11.6 Å². The van der Waals surface area contributed by atoms with E-state index in [2.05, 4.69) is 15.0 Å². The molecule has 4 rings (SSSR count). The van der Waals surface area contributed by atoms with Gasteiger partial charge in [0.1, 0.15) is 17.7 Å². The van der Waals surface area contributed by atoms with Gasteiger partial charge in [0, 0.05) is 6.42 Å². The van der Waals surface area contributed by atoms with E-state index in [-0.39, 0.29) is 41.9 Å². The van der Waals surface area contributed by atoms with Gasteiger partial charge in [-0.25, -0.2) is 19.0 Å². The normalized spacial score (nSPS) is 21.5. The molecule has 0 bridgehead atoms. The molecule has 3 aromatic rings. The van der Waals surface area contributed by atoms with Crippen LogP contribution in [0.15, 0.2) is 36.7 Å². The Hall–Kier alpha value is -3.39. The third-order valence-electron chi connectivity index (χ3n) is 5.99. The molecule has 1 saturated heterocycles. The van der Waals surface area contributed by atoms with Crippen LogP contribution in [0.25, 0.3) is 11.2 Å². The number of nitrogens with two attached hydrogens (primary N) is 1. The van der Waals surface area contributed by atoms with E-state index in [1.165, 1.54) is 10.9 Å². The number of hydrogen-bond donors (Lipinski definition) is 2. The highest BCUT2D eigenvalue weighted by Crippen LogP contribution is 2.35. The molecule has 204 valence electrons. The molecule has 38 heavy (non-hydrogen) atoms. The number of rotatable bonds is 10. The number of imidazole rings is 1. The van der Waals surface area contributed by atoms with Crippen molar-refractivity contribution < 1.29 is 38.0 Å². The average molecular weight is 552 g/mol. The maximum atomic E-state index is 15.3. The Balaban J connectivity index is 1.62. The number of nitrogens with zero attached hydrogens (tertiary/aromatic N) is 4. The molecule has 1 aliphatic rings. The number of aromatic nitrogens is 4. The molecule has 1 fully saturated rings. The van der Waals surface area contributed by atoms with Gasteiger partial charge in [0.25, 0.3) is 5.60 Å². The minimum Gasteiger partial charge on any atom is -0.463 e. The summed E-state index contributed by atoms with van der Waals surface area (Å²) in [5.41, 5.74) is 4.45. The number of anilines is 1. The third kappa shape index (κ3) is 5.27.